The lowest BCUT2D eigenvalue weighted by Crippen LogP contribution is -2.02. The van der Waals surface area contributed by atoms with Crippen molar-refractivity contribution in [2.45, 2.75) is 104 Å². The summed E-state index contributed by atoms with van der Waals surface area (Å²) in [6, 6.07) is 0. The predicted octanol–water partition coefficient (Wildman–Crippen LogP) is 6.10. The molecule has 0 spiro atoms. The molecule has 1 N–H and O–H groups in total. The van der Waals surface area contributed by atoms with E-state index in [1.54, 1.807) is 0 Å². The molecule has 0 radical (unpaired) electrons. The predicted molar refractivity (Wildman–Crippen MR) is 86.6 cm³/mol. The molecule has 0 rings (SSSR count). The van der Waals surface area contributed by atoms with Gasteiger partial charge in [-0.15, -0.1) is 0 Å². The van der Waals surface area contributed by atoms with Crippen molar-refractivity contribution < 1.29 is 5.11 Å². The minimum atomic E-state index is 0.374. The second-order valence-corrected chi connectivity index (χ2v) is 6.14. The largest absolute Gasteiger partial charge is 0.396 e. The first kappa shape index (κ1) is 19.0. The first-order chi connectivity index (χ1) is 9.35. The van der Waals surface area contributed by atoms with E-state index in [-0.39, 0.29) is 0 Å². The zero-order valence-electron chi connectivity index (χ0n) is 13.6. The molecule has 1 atom stereocenters. The number of rotatable bonds is 15. The summed E-state index contributed by atoms with van der Waals surface area (Å²) in [4.78, 5) is 0. The average molecular weight is 271 g/mol. The molecule has 1 heteroatoms. The quantitative estimate of drug-likeness (QED) is 0.357. The van der Waals surface area contributed by atoms with Gasteiger partial charge in [-0.05, 0) is 12.3 Å². The van der Waals surface area contributed by atoms with Crippen LogP contribution in [0.15, 0.2) is 0 Å². The molecule has 0 aromatic rings. The van der Waals surface area contributed by atoms with Crippen LogP contribution in [0.2, 0.25) is 0 Å². The van der Waals surface area contributed by atoms with Crippen LogP contribution in [0.5, 0.6) is 0 Å². The van der Waals surface area contributed by atoms with Crippen LogP contribution in [0.25, 0.3) is 0 Å². The van der Waals surface area contributed by atoms with Gasteiger partial charge in [-0.25, -0.2) is 0 Å². The average Bonchev–Trinajstić information content (AvgIpc) is 2.42. The van der Waals surface area contributed by atoms with Crippen LogP contribution in [0.1, 0.15) is 104 Å². The molecule has 0 heterocycles. The van der Waals surface area contributed by atoms with Crippen LogP contribution in [-0.2, 0) is 0 Å². The Hall–Kier alpha value is -0.0400. The van der Waals surface area contributed by atoms with Gasteiger partial charge in [0, 0.05) is 6.61 Å². The van der Waals surface area contributed by atoms with Gasteiger partial charge in [0.05, 0.1) is 0 Å². The van der Waals surface area contributed by atoms with Crippen LogP contribution in [-0.4, -0.2) is 11.7 Å². The van der Waals surface area contributed by atoms with E-state index in [0.717, 1.165) is 12.3 Å². The topological polar surface area (TPSA) is 20.2 Å². The maximum absolute atomic E-state index is 8.89. The molecule has 0 aliphatic rings. The second kappa shape index (κ2) is 16.0. The van der Waals surface area contributed by atoms with Gasteiger partial charge in [0.15, 0.2) is 0 Å². The van der Waals surface area contributed by atoms with Crippen LogP contribution < -0.4 is 0 Å². The first-order valence-electron chi connectivity index (χ1n) is 8.96. The van der Waals surface area contributed by atoms with Gasteiger partial charge in [-0.2, -0.15) is 0 Å². The number of hydrogen-bond acceptors (Lipinski definition) is 1. The Balaban J connectivity index is 3.58. The van der Waals surface area contributed by atoms with E-state index in [2.05, 4.69) is 13.8 Å². The molecule has 0 fully saturated rings. The normalized spacial score (nSPS) is 12.8. The molecule has 0 amide bonds. The van der Waals surface area contributed by atoms with E-state index in [1.807, 2.05) is 0 Å². The SMILES string of the molecule is CCCCCCCCC(CCCCC)CCCCO. The Morgan fingerprint density at radius 1 is 0.579 bits per heavy atom. The zero-order valence-corrected chi connectivity index (χ0v) is 13.6. The molecular weight excluding hydrogens is 232 g/mol. The molecule has 0 aromatic heterocycles. The van der Waals surface area contributed by atoms with Gasteiger partial charge < -0.3 is 5.11 Å². The third kappa shape index (κ3) is 14.2. The lowest BCUT2D eigenvalue weighted by atomic mass is 9.90. The Kier molecular flexibility index (Phi) is 16.0. The Morgan fingerprint density at radius 3 is 1.58 bits per heavy atom. The fourth-order valence-corrected chi connectivity index (χ4v) is 2.87. The maximum Gasteiger partial charge on any atom is 0.0431 e. The van der Waals surface area contributed by atoms with Gasteiger partial charge in [0.25, 0.3) is 0 Å². The third-order valence-electron chi connectivity index (χ3n) is 4.20. The lowest BCUT2D eigenvalue weighted by molar-refractivity contribution is 0.273. The Morgan fingerprint density at radius 2 is 1.00 bits per heavy atom. The molecule has 0 saturated heterocycles. The molecule has 0 aliphatic heterocycles. The van der Waals surface area contributed by atoms with E-state index in [1.165, 1.54) is 83.5 Å². The van der Waals surface area contributed by atoms with E-state index in [9.17, 15) is 0 Å². The summed E-state index contributed by atoms with van der Waals surface area (Å²) < 4.78 is 0. The molecule has 0 bridgehead atoms. The fourth-order valence-electron chi connectivity index (χ4n) is 2.87. The number of unbranched alkanes of at least 4 members (excludes halogenated alkanes) is 8. The van der Waals surface area contributed by atoms with E-state index >= 15 is 0 Å². The molecule has 1 nitrogen and oxygen atoms in total. The summed E-state index contributed by atoms with van der Waals surface area (Å²) in [6.45, 7) is 4.94. The molecule has 0 aromatic carbocycles. The summed E-state index contributed by atoms with van der Waals surface area (Å²) >= 11 is 0. The highest BCUT2D eigenvalue weighted by atomic mass is 16.2. The summed E-state index contributed by atoms with van der Waals surface area (Å²) in [6.07, 6.45) is 19.1. The lowest BCUT2D eigenvalue weighted by Gasteiger charge is -2.16. The van der Waals surface area contributed by atoms with Crippen molar-refractivity contribution in [1.29, 1.82) is 0 Å². The van der Waals surface area contributed by atoms with Crippen LogP contribution >= 0.6 is 0 Å². The van der Waals surface area contributed by atoms with Crippen LogP contribution in [0, 0.1) is 5.92 Å². The molecule has 116 valence electrons. The smallest absolute Gasteiger partial charge is 0.0431 e. The van der Waals surface area contributed by atoms with Crippen molar-refractivity contribution in [3.63, 3.8) is 0 Å². The molecule has 0 saturated carbocycles. The minimum Gasteiger partial charge on any atom is -0.396 e. The zero-order chi connectivity index (χ0) is 14.2. The van der Waals surface area contributed by atoms with Crippen LogP contribution in [0.3, 0.4) is 0 Å². The Labute approximate surface area is 122 Å². The highest BCUT2D eigenvalue weighted by Crippen LogP contribution is 2.23. The standard InChI is InChI=1S/C18H38O/c1-3-5-7-8-9-11-15-18(14-10-6-4-2)16-12-13-17-19/h18-19H,3-17H2,1-2H3. The van der Waals surface area contributed by atoms with Gasteiger partial charge in [-0.3, -0.25) is 0 Å². The monoisotopic (exact) mass is 270 g/mol. The molecule has 1 unspecified atom stereocenters. The van der Waals surface area contributed by atoms with E-state index in [0.29, 0.717) is 6.61 Å². The summed E-state index contributed by atoms with van der Waals surface area (Å²) in [7, 11) is 0. The highest BCUT2D eigenvalue weighted by Gasteiger charge is 2.08. The van der Waals surface area contributed by atoms with Gasteiger partial charge in [0.1, 0.15) is 0 Å². The van der Waals surface area contributed by atoms with Crippen LogP contribution in [0.4, 0.5) is 0 Å². The molecule has 19 heavy (non-hydrogen) atoms. The summed E-state index contributed by atoms with van der Waals surface area (Å²) in [5.74, 6) is 0.935. The molecule has 0 aliphatic carbocycles. The Bertz CT molecular complexity index is 146. The molecular formula is C18H38O. The minimum absolute atomic E-state index is 0.374. The van der Waals surface area contributed by atoms with Gasteiger partial charge in [-0.1, -0.05) is 97.3 Å². The van der Waals surface area contributed by atoms with Gasteiger partial charge in [0.2, 0.25) is 0 Å². The highest BCUT2D eigenvalue weighted by molar-refractivity contribution is 4.61. The van der Waals surface area contributed by atoms with Crippen molar-refractivity contribution in [3.8, 4) is 0 Å². The summed E-state index contributed by atoms with van der Waals surface area (Å²) in [5.41, 5.74) is 0. The number of aliphatic hydroxyl groups is 1. The second-order valence-electron chi connectivity index (χ2n) is 6.14. The van der Waals surface area contributed by atoms with E-state index in [4.69, 9.17) is 5.11 Å². The van der Waals surface area contributed by atoms with E-state index < -0.39 is 0 Å². The maximum atomic E-state index is 8.89. The van der Waals surface area contributed by atoms with Gasteiger partial charge >= 0.3 is 0 Å². The van der Waals surface area contributed by atoms with Crippen molar-refractivity contribution in [2.24, 2.45) is 5.92 Å². The first-order valence-corrected chi connectivity index (χ1v) is 8.96. The van der Waals surface area contributed by atoms with Crippen molar-refractivity contribution in [2.75, 3.05) is 6.61 Å². The van der Waals surface area contributed by atoms with Crippen molar-refractivity contribution >= 4 is 0 Å². The summed E-state index contributed by atoms with van der Waals surface area (Å²) in [5, 5.41) is 8.89. The van der Waals surface area contributed by atoms with Crippen molar-refractivity contribution in [1.82, 2.24) is 0 Å². The third-order valence-corrected chi connectivity index (χ3v) is 4.20. The fraction of sp³-hybridized carbons (Fsp3) is 1.00. The number of aliphatic hydroxyl groups excluding tert-OH is 1. The van der Waals surface area contributed by atoms with Crippen molar-refractivity contribution in [3.05, 3.63) is 0 Å². The number of hydrogen-bond donors (Lipinski definition) is 1.